The summed E-state index contributed by atoms with van der Waals surface area (Å²) in [5.74, 6) is 1.52. The third-order valence-electron chi connectivity index (χ3n) is 3.05. The highest BCUT2D eigenvalue weighted by Gasteiger charge is 2.35. The van der Waals surface area contributed by atoms with Crippen LogP contribution in [0.25, 0.3) is 0 Å². The Balaban J connectivity index is 2.11. The number of likely N-dealkylation sites (tertiary alicyclic amines) is 1. The summed E-state index contributed by atoms with van der Waals surface area (Å²) in [6, 6.07) is -0.141. The monoisotopic (exact) mass is 223 g/mol. The summed E-state index contributed by atoms with van der Waals surface area (Å²) < 4.78 is 5.45. The Kier molecular flexibility index (Phi) is 2.96. The minimum absolute atomic E-state index is 0.0569. The van der Waals surface area contributed by atoms with Gasteiger partial charge in [-0.2, -0.15) is 0 Å². The lowest BCUT2D eigenvalue weighted by atomic mass is 10.2. The second-order valence-electron chi connectivity index (χ2n) is 4.15. The van der Waals surface area contributed by atoms with Gasteiger partial charge in [-0.05, 0) is 27.3 Å². The molecule has 1 N–H and O–H groups in total. The Labute approximate surface area is 94.8 Å². The van der Waals surface area contributed by atoms with Crippen LogP contribution in [0.15, 0.2) is 10.6 Å². The number of likely N-dealkylation sites (N-methyl/N-ethyl adjacent to an activating group) is 1. The quantitative estimate of drug-likeness (QED) is 0.825. The van der Waals surface area contributed by atoms with E-state index in [-0.39, 0.29) is 18.0 Å². The maximum absolute atomic E-state index is 12.0. The highest BCUT2D eigenvalue weighted by molar-refractivity contribution is 5.84. The van der Waals surface area contributed by atoms with E-state index in [4.69, 9.17) is 4.42 Å². The molecule has 5 heteroatoms. The molecule has 2 heterocycles. The number of rotatable bonds is 3. The number of aryl methyl sites for hydroxylation is 1. The molecule has 1 aromatic rings. The Bertz CT molecular complexity index is 388. The van der Waals surface area contributed by atoms with Gasteiger partial charge in [-0.3, -0.25) is 4.79 Å². The van der Waals surface area contributed by atoms with Crippen molar-refractivity contribution >= 4 is 5.91 Å². The topological polar surface area (TPSA) is 58.4 Å². The molecule has 0 radical (unpaired) electrons. The fourth-order valence-corrected chi connectivity index (χ4v) is 2.05. The molecule has 2 unspecified atom stereocenters. The Morgan fingerprint density at radius 2 is 2.44 bits per heavy atom. The van der Waals surface area contributed by atoms with Crippen molar-refractivity contribution in [3.8, 4) is 0 Å². The summed E-state index contributed by atoms with van der Waals surface area (Å²) in [6.45, 7) is 4.56. The molecule has 2 atom stereocenters. The van der Waals surface area contributed by atoms with E-state index in [0.29, 0.717) is 5.89 Å². The second-order valence-corrected chi connectivity index (χ2v) is 4.15. The predicted octanol–water partition coefficient (Wildman–Crippen LogP) is 0.864. The fourth-order valence-electron chi connectivity index (χ4n) is 2.05. The van der Waals surface area contributed by atoms with Gasteiger partial charge in [0.15, 0.2) is 0 Å². The number of nitrogens with zero attached hydrogens (tertiary/aromatic N) is 2. The zero-order chi connectivity index (χ0) is 11.7. The zero-order valence-electron chi connectivity index (χ0n) is 9.86. The van der Waals surface area contributed by atoms with Gasteiger partial charge in [0.05, 0.1) is 12.2 Å². The minimum Gasteiger partial charge on any atom is -0.444 e. The summed E-state index contributed by atoms with van der Waals surface area (Å²) in [5.41, 5.74) is 0. The van der Waals surface area contributed by atoms with Gasteiger partial charge in [0.1, 0.15) is 11.8 Å². The van der Waals surface area contributed by atoms with Crippen molar-refractivity contribution in [2.24, 2.45) is 0 Å². The Morgan fingerprint density at radius 1 is 1.69 bits per heavy atom. The molecule has 16 heavy (non-hydrogen) atoms. The van der Waals surface area contributed by atoms with Gasteiger partial charge in [0, 0.05) is 6.54 Å². The van der Waals surface area contributed by atoms with Crippen LogP contribution >= 0.6 is 0 Å². The number of oxazole rings is 1. The number of hydrogen-bond acceptors (Lipinski definition) is 4. The fraction of sp³-hybridized carbons (Fsp3) is 0.636. The number of aromatic nitrogens is 1. The van der Waals surface area contributed by atoms with E-state index in [1.54, 1.807) is 6.20 Å². The summed E-state index contributed by atoms with van der Waals surface area (Å²) >= 11 is 0. The number of amides is 1. The molecular weight excluding hydrogens is 206 g/mol. The molecule has 1 saturated heterocycles. The van der Waals surface area contributed by atoms with Crippen LogP contribution in [-0.4, -0.2) is 35.4 Å². The molecule has 0 spiro atoms. The van der Waals surface area contributed by atoms with Crippen LogP contribution in [0, 0.1) is 6.92 Å². The van der Waals surface area contributed by atoms with Crippen LogP contribution in [0.4, 0.5) is 0 Å². The lowest BCUT2D eigenvalue weighted by Gasteiger charge is -2.21. The maximum Gasteiger partial charge on any atom is 0.240 e. The molecule has 0 bridgehead atoms. The molecule has 0 aliphatic carbocycles. The van der Waals surface area contributed by atoms with Gasteiger partial charge in [0.2, 0.25) is 11.8 Å². The first-order valence-corrected chi connectivity index (χ1v) is 5.53. The first kappa shape index (κ1) is 11.1. The van der Waals surface area contributed by atoms with E-state index >= 15 is 0 Å². The Morgan fingerprint density at radius 3 is 2.94 bits per heavy atom. The molecule has 1 aliphatic rings. The van der Waals surface area contributed by atoms with Gasteiger partial charge >= 0.3 is 0 Å². The standard InChI is InChI=1S/C11H17N3O2/c1-7-6-13-10(16-7)8(2)14-5-4-9(12-3)11(14)15/h6,8-9,12H,4-5H2,1-3H3. The van der Waals surface area contributed by atoms with Crippen molar-refractivity contribution in [3.63, 3.8) is 0 Å². The van der Waals surface area contributed by atoms with E-state index in [2.05, 4.69) is 10.3 Å². The van der Waals surface area contributed by atoms with Gasteiger partial charge in [-0.1, -0.05) is 0 Å². The molecule has 0 saturated carbocycles. The molecule has 5 nitrogen and oxygen atoms in total. The highest BCUT2D eigenvalue weighted by atomic mass is 16.4. The SMILES string of the molecule is CNC1CCN(C(C)c2ncc(C)o2)C1=O. The average molecular weight is 223 g/mol. The van der Waals surface area contributed by atoms with E-state index in [9.17, 15) is 4.79 Å². The number of hydrogen-bond donors (Lipinski definition) is 1. The smallest absolute Gasteiger partial charge is 0.240 e. The van der Waals surface area contributed by atoms with Crippen LogP contribution in [0.3, 0.4) is 0 Å². The molecular formula is C11H17N3O2. The Hall–Kier alpha value is -1.36. The van der Waals surface area contributed by atoms with Gasteiger partial charge < -0.3 is 14.6 Å². The van der Waals surface area contributed by atoms with Crippen molar-refractivity contribution in [3.05, 3.63) is 17.8 Å². The summed E-state index contributed by atoms with van der Waals surface area (Å²) in [4.78, 5) is 17.9. The molecule has 0 aromatic carbocycles. The van der Waals surface area contributed by atoms with E-state index in [1.165, 1.54) is 0 Å². The minimum atomic E-state index is -0.0838. The van der Waals surface area contributed by atoms with Crippen LogP contribution < -0.4 is 5.32 Å². The first-order valence-electron chi connectivity index (χ1n) is 5.53. The largest absolute Gasteiger partial charge is 0.444 e. The van der Waals surface area contributed by atoms with Crippen molar-refractivity contribution in [2.45, 2.75) is 32.4 Å². The van der Waals surface area contributed by atoms with Gasteiger partial charge in [-0.25, -0.2) is 4.98 Å². The molecule has 1 aliphatic heterocycles. The lowest BCUT2D eigenvalue weighted by molar-refractivity contribution is -0.131. The van der Waals surface area contributed by atoms with Crippen LogP contribution in [0.1, 0.15) is 31.0 Å². The van der Waals surface area contributed by atoms with E-state index in [0.717, 1.165) is 18.7 Å². The predicted molar refractivity (Wildman–Crippen MR) is 58.8 cm³/mol. The first-order chi connectivity index (χ1) is 7.63. The normalized spacial score (nSPS) is 22.8. The van der Waals surface area contributed by atoms with Crippen molar-refractivity contribution in [2.75, 3.05) is 13.6 Å². The number of nitrogens with one attached hydrogen (secondary N) is 1. The second kappa shape index (κ2) is 4.25. The summed E-state index contributed by atoms with van der Waals surface area (Å²) in [7, 11) is 1.81. The molecule has 1 amide bonds. The zero-order valence-corrected chi connectivity index (χ0v) is 9.86. The van der Waals surface area contributed by atoms with Crippen LogP contribution in [0.5, 0.6) is 0 Å². The van der Waals surface area contributed by atoms with E-state index < -0.39 is 0 Å². The third-order valence-corrected chi connectivity index (χ3v) is 3.05. The van der Waals surface area contributed by atoms with Gasteiger partial charge in [0.25, 0.3) is 0 Å². The summed E-state index contributed by atoms with van der Waals surface area (Å²) in [6.07, 6.45) is 2.53. The molecule has 88 valence electrons. The number of carbonyl (C=O) groups is 1. The van der Waals surface area contributed by atoms with Crippen molar-refractivity contribution < 1.29 is 9.21 Å². The van der Waals surface area contributed by atoms with Gasteiger partial charge in [-0.15, -0.1) is 0 Å². The molecule has 1 fully saturated rings. The highest BCUT2D eigenvalue weighted by Crippen LogP contribution is 2.25. The van der Waals surface area contributed by atoms with Crippen LogP contribution in [-0.2, 0) is 4.79 Å². The van der Waals surface area contributed by atoms with Crippen LogP contribution in [0.2, 0.25) is 0 Å². The molecule has 2 rings (SSSR count). The van der Waals surface area contributed by atoms with Crippen molar-refractivity contribution in [1.82, 2.24) is 15.2 Å². The molecule has 1 aromatic heterocycles. The van der Waals surface area contributed by atoms with Crippen molar-refractivity contribution in [1.29, 1.82) is 0 Å². The third kappa shape index (κ3) is 1.82. The maximum atomic E-state index is 12.0. The number of carbonyl (C=O) groups excluding carboxylic acids is 1. The average Bonchev–Trinajstić information content (AvgIpc) is 2.84. The lowest BCUT2D eigenvalue weighted by Crippen LogP contribution is -2.37. The summed E-state index contributed by atoms with van der Waals surface area (Å²) in [5, 5.41) is 3.01. The van der Waals surface area contributed by atoms with E-state index in [1.807, 2.05) is 25.8 Å².